The number of anilines is 1. The van der Waals surface area contributed by atoms with E-state index in [2.05, 4.69) is 37.6 Å². The predicted molar refractivity (Wildman–Crippen MR) is 188 cm³/mol. The zero-order valence-electron chi connectivity index (χ0n) is 29.2. The highest BCUT2D eigenvalue weighted by molar-refractivity contribution is 6.04. The lowest BCUT2D eigenvalue weighted by Crippen LogP contribution is -2.63. The van der Waals surface area contributed by atoms with Gasteiger partial charge in [-0.3, -0.25) is 24.0 Å². The molecule has 0 saturated carbocycles. The predicted octanol–water partition coefficient (Wildman–Crippen LogP) is 3.28. The molecule has 2 aromatic heterocycles. The first-order chi connectivity index (χ1) is 24.1. The molecule has 7 rings (SSSR count). The molecule has 50 heavy (non-hydrogen) atoms. The van der Waals surface area contributed by atoms with Gasteiger partial charge in [-0.25, -0.2) is 4.98 Å². The van der Waals surface area contributed by atoms with Crippen LogP contribution in [-0.4, -0.2) is 106 Å². The van der Waals surface area contributed by atoms with Crippen LogP contribution in [0.15, 0.2) is 60.9 Å². The Morgan fingerprint density at radius 2 is 1.62 bits per heavy atom. The SMILES string of the molecule is Cc1c(C(=O)Nc2ccc(CNC(=O)c3ncc4n3CCN(Cc3ccc(C(=O)N(C)C)cc3)C43COC3)cc2)cnn1C1CCN(C)CC1. The Hall–Kier alpha value is -4.85. The molecule has 13 nitrogen and oxygen atoms in total. The van der Waals surface area contributed by atoms with E-state index in [-0.39, 0.29) is 23.3 Å². The number of benzene rings is 2. The molecular weight excluding hydrogens is 634 g/mol. The lowest BCUT2D eigenvalue weighted by Gasteiger charge is -2.52. The van der Waals surface area contributed by atoms with Crippen LogP contribution in [0.3, 0.4) is 0 Å². The van der Waals surface area contributed by atoms with Crippen molar-refractivity contribution in [1.82, 2.24) is 39.3 Å². The number of carbonyl (C=O) groups is 3. The number of fused-ring (bicyclic) bond motifs is 2. The molecule has 1 spiro atoms. The van der Waals surface area contributed by atoms with Crippen LogP contribution in [0, 0.1) is 6.92 Å². The van der Waals surface area contributed by atoms with Gasteiger partial charge in [0.25, 0.3) is 17.7 Å². The van der Waals surface area contributed by atoms with Gasteiger partial charge in [0.2, 0.25) is 0 Å². The van der Waals surface area contributed by atoms with Gasteiger partial charge in [0.15, 0.2) is 5.82 Å². The molecule has 262 valence electrons. The van der Waals surface area contributed by atoms with Gasteiger partial charge >= 0.3 is 0 Å². The molecule has 2 N–H and O–H groups in total. The number of rotatable bonds is 9. The van der Waals surface area contributed by atoms with E-state index in [0.717, 1.165) is 55.0 Å². The summed E-state index contributed by atoms with van der Waals surface area (Å²) in [5.74, 6) is -0.0606. The molecule has 2 aromatic carbocycles. The molecule has 13 heteroatoms. The first kappa shape index (κ1) is 33.6. The molecule has 0 radical (unpaired) electrons. The van der Waals surface area contributed by atoms with Crippen molar-refractivity contribution in [2.45, 2.75) is 51.0 Å². The highest BCUT2D eigenvalue weighted by Crippen LogP contribution is 2.40. The van der Waals surface area contributed by atoms with Gasteiger partial charge in [-0.2, -0.15) is 5.10 Å². The normalized spacial score (nSPS) is 17.6. The summed E-state index contributed by atoms with van der Waals surface area (Å²) in [5.41, 5.74) is 5.43. The van der Waals surface area contributed by atoms with E-state index in [1.807, 2.05) is 64.7 Å². The van der Waals surface area contributed by atoms with Crippen molar-refractivity contribution >= 4 is 23.4 Å². The summed E-state index contributed by atoms with van der Waals surface area (Å²) in [7, 11) is 5.63. The van der Waals surface area contributed by atoms with E-state index in [4.69, 9.17) is 4.74 Å². The second-order valence-corrected chi connectivity index (χ2v) is 13.9. The largest absolute Gasteiger partial charge is 0.377 e. The van der Waals surface area contributed by atoms with E-state index in [0.29, 0.717) is 61.5 Å². The number of aromatic nitrogens is 4. The molecule has 3 aliphatic heterocycles. The summed E-state index contributed by atoms with van der Waals surface area (Å²) in [5, 5.41) is 10.6. The van der Waals surface area contributed by atoms with Crippen molar-refractivity contribution in [3.8, 4) is 0 Å². The molecular formula is C37H45N9O4. The fourth-order valence-corrected chi connectivity index (χ4v) is 7.26. The number of likely N-dealkylation sites (tertiary alicyclic amines) is 1. The Bertz CT molecular complexity index is 1870. The van der Waals surface area contributed by atoms with Gasteiger partial charge in [0.1, 0.15) is 5.54 Å². The second-order valence-electron chi connectivity index (χ2n) is 13.9. The first-order valence-electron chi connectivity index (χ1n) is 17.2. The highest BCUT2D eigenvalue weighted by atomic mass is 16.5. The number of nitrogens with zero attached hydrogens (tertiary/aromatic N) is 7. The van der Waals surface area contributed by atoms with Gasteiger partial charge in [-0.1, -0.05) is 24.3 Å². The van der Waals surface area contributed by atoms with Crippen molar-refractivity contribution in [3.05, 3.63) is 100 Å². The van der Waals surface area contributed by atoms with Crippen molar-refractivity contribution in [2.75, 3.05) is 59.3 Å². The number of ether oxygens (including phenoxy) is 1. The van der Waals surface area contributed by atoms with Crippen molar-refractivity contribution < 1.29 is 19.1 Å². The van der Waals surface area contributed by atoms with Gasteiger partial charge in [0, 0.05) is 57.2 Å². The molecule has 0 aliphatic carbocycles. The number of carbonyl (C=O) groups excluding carboxylic acids is 3. The summed E-state index contributed by atoms with van der Waals surface area (Å²) >= 11 is 0. The number of amides is 3. The maximum atomic E-state index is 13.4. The molecule has 2 saturated heterocycles. The minimum Gasteiger partial charge on any atom is -0.377 e. The summed E-state index contributed by atoms with van der Waals surface area (Å²) in [6.45, 7) is 7.44. The molecule has 0 atom stereocenters. The number of hydrogen-bond donors (Lipinski definition) is 2. The Kier molecular flexibility index (Phi) is 9.29. The van der Waals surface area contributed by atoms with Crippen LogP contribution in [0.1, 0.15) is 72.7 Å². The van der Waals surface area contributed by atoms with Crippen LogP contribution >= 0.6 is 0 Å². The van der Waals surface area contributed by atoms with Crippen molar-refractivity contribution in [2.24, 2.45) is 0 Å². The zero-order valence-corrected chi connectivity index (χ0v) is 29.2. The second kappa shape index (κ2) is 13.8. The van der Waals surface area contributed by atoms with E-state index >= 15 is 0 Å². The maximum absolute atomic E-state index is 13.4. The molecule has 5 heterocycles. The van der Waals surface area contributed by atoms with Crippen LogP contribution < -0.4 is 10.6 Å². The fraction of sp³-hybridized carbons (Fsp3) is 0.432. The lowest BCUT2D eigenvalue weighted by molar-refractivity contribution is -0.162. The Balaban J connectivity index is 0.950. The van der Waals surface area contributed by atoms with Crippen molar-refractivity contribution in [1.29, 1.82) is 0 Å². The Labute approximate surface area is 292 Å². The summed E-state index contributed by atoms with van der Waals surface area (Å²) in [6, 6.07) is 15.5. The fourth-order valence-electron chi connectivity index (χ4n) is 7.26. The molecule has 3 amide bonds. The van der Waals surface area contributed by atoms with Gasteiger partial charge < -0.3 is 29.7 Å². The molecule has 2 fully saturated rings. The molecule has 3 aliphatic rings. The monoisotopic (exact) mass is 679 g/mol. The third kappa shape index (κ3) is 6.43. The average molecular weight is 680 g/mol. The van der Waals surface area contributed by atoms with E-state index in [1.165, 1.54) is 0 Å². The minimum absolute atomic E-state index is 0.0214. The third-order valence-electron chi connectivity index (χ3n) is 10.4. The van der Waals surface area contributed by atoms with Crippen molar-refractivity contribution in [3.63, 3.8) is 0 Å². The third-order valence-corrected chi connectivity index (χ3v) is 10.4. The first-order valence-corrected chi connectivity index (χ1v) is 17.2. The zero-order chi connectivity index (χ0) is 35.0. The Morgan fingerprint density at radius 1 is 0.920 bits per heavy atom. The number of hydrogen-bond acceptors (Lipinski definition) is 8. The highest BCUT2D eigenvalue weighted by Gasteiger charge is 2.50. The molecule has 4 aromatic rings. The van der Waals surface area contributed by atoms with Gasteiger partial charge in [0.05, 0.1) is 42.9 Å². The number of imidazole rings is 1. The lowest BCUT2D eigenvalue weighted by atomic mass is 9.88. The summed E-state index contributed by atoms with van der Waals surface area (Å²) in [6.07, 6.45) is 5.51. The summed E-state index contributed by atoms with van der Waals surface area (Å²) < 4.78 is 9.74. The van der Waals surface area contributed by atoms with E-state index < -0.39 is 0 Å². The van der Waals surface area contributed by atoms with E-state index in [9.17, 15) is 14.4 Å². The Morgan fingerprint density at radius 3 is 2.28 bits per heavy atom. The van der Waals surface area contributed by atoms with E-state index in [1.54, 1.807) is 31.4 Å². The van der Waals surface area contributed by atoms with Gasteiger partial charge in [-0.05, 0) is 75.3 Å². The van der Waals surface area contributed by atoms with Crippen LogP contribution in [0.25, 0.3) is 0 Å². The summed E-state index contributed by atoms with van der Waals surface area (Å²) in [4.78, 5) is 49.6. The number of nitrogens with one attached hydrogen (secondary N) is 2. The van der Waals surface area contributed by atoms with Crippen LogP contribution in [0.4, 0.5) is 5.69 Å². The quantitative estimate of drug-likeness (QED) is 0.276. The van der Waals surface area contributed by atoms with Crippen LogP contribution in [-0.2, 0) is 29.9 Å². The van der Waals surface area contributed by atoms with Crippen LogP contribution in [0.5, 0.6) is 0 Å². The van der Waals surface area contributed by atoms with Crippen LogP contribution in [0.2, 0.25) is 0 Å². The molecule has 0 unspecified atom stereocenters. The minimum atomic E-state index is -0.355. The smallest absolute Gasteiger partial charge is 0.287 e. The van der Waals surface area contributed by atoms with Gasteiger partial charge in [-0.15, -0.1) is 0 Å². The molecule has 0 bridgehead atoms. The number of piperidine rings is 1. The standard InChI is InChI=1S/C37H45N9O4/c1-25-31(20-40-46(25)30-13-15-43(4)16-14-30)34(47)41-29-11-7-26(8-12-29)19-39-35(48)33-38-21-32-37(23-50-24-37)44(17-18-45(32)33)22-27-5-9-28(10-6-27)36(49)42(2)3/h5-12,20-21,30H,13-19,22-24H2,1-4H3,(H,39,48)(H,41,47). The topological polar surface area (TPSA) is 130 Å². The average Bonchev–Trinajstić information content (AvgIpc) is 3.71. The maximum Gasteiger partial charge on any atom is 0.287 e.